The van der Waals surface area contributed by atoms with Gasteiger partial charge in [-0.3, -0.25) is 9.59 Å². The van der Waals surface area contributed by atoms with Crippen molar-refractivity contribution in [3.8, 4) is 0 Å². The van der Waals surface area contributed by atoms with Gasteiger partial charge in [0.05, 0.1) is 5.92 Å². The van der Waals surface area contributed by atoms with E-state index < -0.39 is 42.4 Å². The van der Waals surface area contributed by atoms with Gasteiger partial charge in [-0.05, 0) is 31.0 Å². The molecule has 2 unspecified atom stereocenters. The fraction of sp³-hybridized carbons (Fsp3) is 0.467. The van der Waals surface area contributed by atoms with Crippen LogP contribution in [0.3, 0.4) is 0 Å². The maximum atomic E-state index is 13.1. The van der Waals surface area contributed by atoms with Crippen molar-refractivity contribution in [2.45, 2.75) is 25.4 Å². The maximum Gasteiger partial charge on any atom is 0.406 e. The molecule has 1 aromatic carbocycles. The van der Waals surface area contributed by atoms with Crippen LogP contribution in [-0.2, 0) is 9.59 Å². The highest BCUT2D eigenvalue weighted by Gasteiger charge is 2.64. The number of alkyl halides is 3. The number of carboxylic acid groups (broad SMARTS) is 1. The van der Waals surface area contributed by atoms with Gasteiger partial charge in [-0.2, -0.15) is 13.2 Å². The Bertz CT molecular complexity index is 617. The van der Waals surface area contributed by atoms with Crippen LogP contribution in [0.4, 0.5) is 13.2 Å². The zero-order valence-corrected chi connectivity index (χ0v) is 13.8. The second kappa shape index (κ2) is 6.14. The lowest BCUT2D eigenvalue weighted by Crippen LogP contribution is -2.48. The van der Waals surface area contributed by atoms with Gasteiger partial charge in [0, 0.05) is 17.6 Å². The summed E-state index contributed by atoms with van der Waals surface area (Å²) in [5, 5.41) is 9.02. The molecule has 1 amide bonds. The zero-order valence-electron chi connectivity index (χ0n) is 12.2. The molecule has 1 aliphatic heterocycles. The predicted molar refractivity (Wildman–Crippen MR) is 79.9 cm³/mol. The average Bonchev–Trinajstić information content (AvgIpc) is 2.93. The molecule has 2 rings (SSSR count). The number of likely N-dealkylation sites (tertiary alicyclic amines) is 1. The van der Waals surface area contributed by atoms with E-state index in [0.717, 1.165) is 9.37 Å². The normalized spacial score (nSPS) is 22.9. The van der Waals surface area contributed by atoms with Gasteiger partial charge < -0.3 is 10.0 Å². The molecule has 1 aromatic rings. The van der Waals surface area contributed by atoms with E-state index in [0.29, 0.717) is 5.56 Å². The van der Waals surface area contributed by atoms with Crippen molar-refractivity contribution in [1.29, 1.82) is 0 Å². The molecule has 1 saturated heterocycles. The van der Waals surface area contributed by atoms with E-state index >= 15 is 0 Å². The summed E-state index contributed by atoms with van der Waals surface area (Å²) in [5.41, 5.74) is -2.21. The minimum atomic E-state index is -4.89. The molecule has 1 N–H and O–H groups in total. The lowest BCUT2D eigenvalue weighted by molar-refractivity contribution is -0.227. The third-order valence-corrected chi connectivity index (χ3v) is 4.80. The molecule has 0 spiro atoms. The molecule has 8 heteroatoms. The third-order valence-electron chi connectivity index (χ3n) is 4.27. The van der Waals surface area contributed by atoms with Crippen molar-refractivity contribution in [3.63, 3.8) is 0 Å². The number of rotatable bonds is 3. The van der Waals surface area contributed by atoms with E-state index in [-0.39, 0.29) is 6.54 Å². The highest BCUT2D eigenvalue weighted by Crippen LogP contribution is 2.46. The first kappa shape index (κ1) is 17.8. The molecule has 0 radical (unpaired) electrons. The summed E-state index contributed by atoms with van der Waals surface area (Å²) in [5.74, 6) is -3.07. The summed E-state index contributed by atoms with van der Waals surface area (Å²) in [6.45, 7) is 0.539. The van der Waals surface area contributed by atoms with Crippen LogP contribution in [0.5, 0.6) is 0 Å². The Morgan fingerprint density at radius 3 is 2.30 bits per heavy atom. The molecule has 1 fully saturated rings. The second-order valence-electron chi connectivity index (χ2n) is 5.67. The average molecular weight is 394 g/mol. The van der Waals surface area contributed by atoms with Crippen LogP contribution in [-0.4, -0.2) is 41.1 Å². The molecule has 0 saturated carbocycles. The predicted octanol–water partition coefficient (Wildman–Crippen LogP) is 3.42. The van der Waals surface area contributed by atoms with E-state index in [1.54, 1.807) is 31.2 Å². The van der Waals surface area contributed by atoms with E-state index in [4.69, 9.17) is 5.11 Å². The first-order valence-electron chi connectivity index (χ1n) is 6.93. The Kier molecular flexibility index (Phi) is 4.75. The van der Waals surface area contributed by atoms with Crippen molar-refractivity contribution in [1.82, 2.24) is 4.90 Å². The van der Waals surface area contributed by atoms with Gasteiger partial charge in [0.2, 0.25) is 5.91 Å². The molecule has 0 aromatic heterocycles. The molecular weight excluding hydrogens is 379 g/mol. The van der Waals surface area contributed by atoms with Crippen molar-refractivity contribution < 1.29 is 27.9 Å². The highest BCUT2D eigenvalue weighted by atomic mass is 79.9. The quantitative estimate of drug-likeness (QED) is 0.855. The number of nitrogens with zero attached hydrogens (tertiary/aromatic N) is 1. The van der Waals surface area contributed by atoms with Crippen LogP contribution < -0.4 is 0 Å². The topological polar surface area (TPSA) is 57.6 Å². The maximum absolute atomic E-state index is 13.1. The summed E-state index contributed by atoms with van der Waals surface area (Å²) in [6, 6.07) is 6.88. The van der Waals surface area contributed by atoms with Gasteiger partial charge in [-0.1, -0.05) is 28.1 Å². The summed E-state index contributed by atoms with van der Waals surface area (Å²) < 4.78 is 40.3. The smallest absolute Gasteiger partial charge is 0.406 e. The number of aliphatic carboxylic acids is 1. The molecule has 1 heterocycles. The van der Waals surface area contributed by atoms with Gasteiger partial charge in [0.1, 0.15) is 0 Å². The molecular formula is C15H15BrF3NO3. The standard InChI is InChI=1S/C15H15BrF3NO3/c1-9(10-2-4-11(16)5-3-10)12(21)20-7-6-14(8-20,13(22)23)15(17,18)19/h2-5,9H,6-8H2,1H3,(H,22,23). The Morgan fingerprint density at radius 2 is 1.87 bits per heavy atom. The highest BCUT2D eigenvalue weighted by molar-refractivity contribution is 9.10. The van der Waals surface area contributed by atoms with Crippen LogP contribution in [0.15, 0.2) is 28.7 Å². The number of benzene rings is 1. The van der Waals surface area contributed by atoms with Crippen molar-refractivity contribution >= 4 is 27.8 Å². The monoisotopic (exact) mass is 393 g/mol. The van der Waals surface area contributed by atoms with Crippen LogP contribution in [0.25, 0.3) is 0 Å². The lowest BCUT2D eigenvalue weighted by Gasteiger charge is -2.28. The summed E-state index contributed by atoms with van der Waals surface area (Å²) in [7, 11) is 0. The Balaban J connectivity index is 2.19. The van der Waals surface area contributed by atoms with Crippen molar-refractivity contribution in [2.75, 3.05) is 13.1 Å². The van der Waals surface area contributed by atoms with Crippen molar-refractivity contribution in [2.24, 2.45) is 5.41 Å². The molecule has 0 aliphatic carbocycles. The SMILES string of the molecule is CC(C(=O)N1CCC(C(=O)O)(C(F)(F)F)C1)c1ccc(Br)cc1. The minimum absolute atomic E-state index is 0.217. The Labute approximate surface area is 139 Å². The minimum Gasteiger partial charge on any atom is -0.481 e. The first-order valence-corrected chi connectivity index (χ1v) is 7.72. The number of amides is 1. The number of hydrogen-bond donors (Lipinski definition) is 1. The Hall–Kier alpha value is -1.57. The molecule has 2 atom stereocenters. The van der Waals surface area contributed by atoms with Gasteiger partial charge in [0.15, 0.2) is 5.41 Å². The number of carbonyl (C=O) groups excluding carboxylic acids is 1. The van der Waals surface area contributed by atoms with E-state index in [2.05, 4.69) is 15.9 Å². The first-order chi connectivity index (χ1) is 10.6. The molecule has 4 nitrogen and oxygen atoms in total. The van der Waals surface area contributed by atoms with Crippen LogP contribution in [0.2, 0.25) is 0 Å². The molecule has 126 valence electrons. The zero-order chi connectivity index (χ0) is 17.4. The number of halogens is 4. The van der Waals surface area contributed by atoms with Crippen molar-refractivity contribution in [3.05, 3.63) is 34.3 Å². The van der Waals surface area contributed by atoms with Gasteiger partial charge >= 0.3 is 12.1 Å². The third kappa shape index (κ3) is 3.22. The number of carbonyl (C=O) groups is 2. The summed E-state index contributed by atoms with van der Waals surface area (Å²) >= 11 is 3.26. The van der Waals surface area contributed by atoms with Crippen LogP contribution in [0, 0.1) is 5.41 Å². The largest absolute Gasteiger partial charge is 0.481 e. The fourth-order valence-electron chi connectivity index (χ4n) is 2.69. The van der Waals surface area contributed by atoms with Crippen LogP contribution >= 0.6 is 15.9 Å². The van der Waals surface area contributed by atoms with E-state index in [1.165, 1.54) is 0 Å². The lowest BCUT2D eigenvalue weighted by atomic mass is 9.86. The van der Waals surface area contributed by atoms with Crippen LogP contribution in [0.1, 0.15) is 24.8 Å². The summed E-state index contributed by atoms with van der Waals surface area (Å²) in [6.07, 6.45) is -5.51. The Morgan fingerprint density at radius 1 is 1.30 bits per heavy atom. The molecule has 1 aliphatic rings. The second-order valence-corrected chi connectivity index (χ2v) is 6.58. The molecule has 23 heavy (non-hydrogen) atoms. The fourth-order valence-corrected chi connectivity index (χ4v) is 2.96. The number of carboxylic acids is 1. The van der Waals surface area contributed by atoms with Gasteiger partial charge in [0.25, 0.3) is 0 Å². The van der Waals surface area contributed by atoms with Gasteiger partial charge in [-0.15, -0.1) is 0 Å². The van der Waals surface area contributed by atoms with E-state index in [9.17, 15) is 22.8 Å². The molecule has 0 bridgehead atoms. The van der Waals surface area contributed by atoms with Gasteiger partial charge in [-0.25, -0.2) is 0 Å². The summed E-state index contributed by atoms with van der Waals surface area (Å²) in [4.78, 5) is 24.6. The number of hydrogen-bond acceptors (Lipinski definition) is 2. The van der Waals surface area contributed by atoms with E-state index in [1.807, 2.05) is 0 Å².